The van der Waals surface area contributed by atoms with E-state index in [0.717, 1.165) is 12.8 Å². The summed E-state index contributed by atoms with van der Waals surface area (Å²) in [5.41, 5.74) is 7.06. The Morgan fingerprint density at radius 1 is 1.33 bits per heavy atom. The number of rotatable bonds is 5. The normalized spacial score (nSPS) is 29.4. The number of nitrogen functional groups attached to an aromatic ring is 1. The fraction of sp³-hybridized carbons (Fsp3) is 0.706. The number of nitrogens with two attached hydrogens (primary N) is 1. The van der Waals surface area contributed by atoms with Crippen molar-refractivity contribution >= 4 is 22.9 Å². The molecule has 1 aliphatic carbocycles. The van der Waals surface area contributed by atoms with E-state index in [0.29, 0.717) is 23.2 Å². The monoisotopic (exact) mass is 378 g/mol. The number of fused-ring (bicyclic) bond motifs is 1. The molecule has 1 saturated heterocycles. The summed E-state index contributed by atoms with van der Waals surface area (Å²) in [6, 6.07) is 0.335. The van der Waals surface area contributed by atoms with Crippen LogP contribution >= 0.6 is 0 Å². The zero-order chi connectivity index (χ0) is 19.0. The molecule has 27 heavy (non-hydrogen) atoms. The highest BCUT2D eigenvalue weighted by molar-refractivity contribution is 5.83. The van der Waals surface area contributed by atoms with Crippen LogP contribution < -0.4 is 11.1 Å². The predicted octanol–water partition coefficient (Wildman–Crippen LogP) is 0.419. The van der Waals surface area contributed by atoms with Gasteiger partial charge in [0.05, 0.1) is 12.9 Å². The van der Waals surface area contributed by atoms with Crippen molar-refractivity contribution in [1.29, 1.82) is 0 Å². The standard InChI is InChI=1S/C17H26N6O4/c1-26-13-12(25)10(7-24)27-16(13)23-8-19-11-14(18)21-17(22-15(11)23)20-9-5-3-2-4-6-9/h8-10,12-13,16,24-25H,2-7H2,1H3,(H3,18,20,21,22)/t10-,12-,13-,16+/m1/s1. The van der Waals surface area contributed by atoms with Crippen molar-refractivity contribution in [2.75, 3.05) is 24.8 Å². The Balaban J connectivity index is 1.67. The molecule has 4 atom stereocenters. The second-order valence-corrected chi connectivity index (χ2v) is 7.17. The summed E-state index contributed by atoms with van der Waals surface area (Å²) in [6.07, 6.45) is 4.33. The molecule has 5 N–H and O–H groups in total. The third-order valence-corrected chi connectivity index (χ3v) is 5.43. The molecule has 0 spiro atoms. The lowest BCUT2D eigenvalue weighted by Gasteiger charge is -2.23. The maximum Gasteiger partial charge on any atom is 0.226 e. The lowest BCUT2D eigenvalue weighted by molar-refractivity contribution is -0.0583. The van der Waals surface area contributed by atoms with Gasteiger partial charge in [-0.15, -0.1) is 0 Å². The van der Waals surface area contributed by atoms with E-state index in [1.807, 2.05) is 0 Å². The van der Waals surface area contributed by atoms with E-state index in [-0.39, 0.29) is 12.4 Å². The van der Waals surface area contributed by atoms with Crippen molar-refractivity contribution in [3.8, 4) is 0 Å². The van der Waals surface area contributed by atoms with E-state index in [4.69, 9.17) is 15.2 Å². The van der Waals surface area contributed by atoms with Crippen LogP contribution in [-0.4, -0.2) is 67.8 Å². The number of aliphatic hydroxyl groups excluding tert-OH is 2. The molecule has 2 aliphatic rings. The van der Waals surface area contributed by atoms with E-state index in [1.165, 1.54) is 26.4 Å². The molecule has 10 heteroatoms. The van der Waals surface area contributed by atoms with E-state index in [1.54, 1.807) is 10.9 Å². The second kappa shape index (κ2) is 7.55. The number of anilines is 2. The third-order valence-electron chi connectivity index (χ3n) is 5.43. The number of methoxy groups -OCH3 is 1. The van der Waals surface area contributed by atoms with Crippen LogP contribution in [0.4, 0.5) is 11.8 Å². The van der Waals surface area contributed by atoms with Gasteiger partial charge in [0.2, 0.25) is 5.95 Å². The van der Waals surface area contributed by atoms with E-state index in [2.05, 4.69) is 20.3 Å². The van der Waals surface area contributed by atoms with Crippen LogP contribution in [0.25, 0.3) is 11.2 Å². The molecule has 0 unspecified atom stereocenters. The first-order chi connectivity index (χ1) is 13.1. The molecule has 2 aromatic rings. The number of nitrogens with one attached hydrogen (secondary N) is 1. The number of aliphatic hydroxyl groups is 2. The molecule has 3 heterocycles. The average molecular weight is 378 g/mol. The highest BCUT2D eigenvalue weighted by Crippen LogP contribution is 2.34. The SMILES string of the molecule is CO[C@@H]1[C@H](O)[C@@H](CO)O[C@@H]1n1cnc2c(N)nc(NC3CCCCC3)nc21. The zero-order valence-corrected chi connectivity index (χ0v) is 15.3. The Labute approximate surface area is 156 Å². The van der Waals surface area contributed by atoms with Crippen molar-refractivity contribution in [3.05, 3.63) is 6.33 Å². The molecular weight excluding hydrogens is 352 g/mol. The molecule has 148 valence electrons. The quantitative estimate of drug-likeness (QED) is 0.582. The topological polar surface area (TPSA) is 141 Å². The number of hydrogen-bond acceptors (Lipinski definition) is 9. The van der Waals surface area contributed by atoms with Gasteiger partial charge in [0, 0.05) is 13.2 Å². The number of nitrogens with zero attached hydrogens (tertiary/aromatic N) is 4. The molecule has 10 nitrogen and oxygen atoms in total. The van der Waals surface area contributed by atoms with Gasteiger partial charge < -0.3 is 30.7 Å². The van der Waals surface area contributed by atoms with Gasteiger partial charge in [-0.1, -0.05) is 19.3 Å². The van der Waals surface area contributed by atoms with Crippen LogP contribution in [0.1, 0.15) is 38.3 Å². The minimum Gasteiger partial charge on any atom is -0.394 e. The van der Waals surface area contributed by atoms with Crippen LogP contribution in [-0.2, 0) is 9.47 Å². The molecule has 0 aromatic carbocycles. The summed E-state index contributed by atoms with van der Waals surface area (Å²) in [5, 5.41) is 23.1. The summed E-state index contributed by atoms with van der Waals surface area (Å²) >= 11 is 0. The average Bonchev–Trinajstić information content (AvgIpc) is 3.23. The van der Waals surface area contributed by atoms with Gasteiger partial charge in [-0.3, -0.25) is 4.57 Å². The first kappa shape index (κ1) is 18.4. The van der Waals surface area contributed by atoms with Crippen LogP contribution in [0.2, 0.25) is 0 Å². The number of imidazole rings is 1. The van der Waals surface area contributed by atoms with E-state index in [9.17, 15) is 10.2 Å². The van der Waals surface area contributed by atoms with Gasteiger partial charge in [-0.05, 0) is 12.8 Å². The van der Waals surface area contributed by atoms with Crippen molar-refractivity contribution in [2.45, 2.75) is 62.7 Å². The largest absolute Gasteiger partial charge is 0.394 e. The summed E-state index contributed by atoms with van der Waals surface area (Å²) in [4.78, 5) is 13.2. The fourth-order valence-corrected chi connectivity index (χ4v) is 3.97. The number of ether oxygens (including phenoxy) is 2. The number of aromatic nitrogens is 4. The van der Waals surface area contributed by atoms with Gasteiger partial charge in [0.25, 0.3) is 0 Å². The summed E-state index contributed by atoms with van der Waals surface area (Å²) < 4.78 is 12.9. The van der Waals surface area contributed by atoms with Crippen LogP contribution in [0.3, 0.4) is 0 Å². The Morgan fingerprint density at radius 2 is 2.11 bits per heavy atom. The van der Waals surface area contributed by atoms with Crippen molar-refractivity contribution in [3.63, 3.8) is 0 Å². The lowest BCUT2D eigenvalue weighted by Crippen LogP contribution is -2.34. The summed E-state index contributed by atoms with van der Waals surface area (Å²) in [7, 11) is 1.49. The first-order valence-corrected chi connectivity index (χ1v) is 9.36. The minimum atomic E-state index is -0.957. The molecule has 2 aromatic heterocycles. The van der Waals surface area contributed by atoms with Gasteiger partial charge in [0.1, 0.15) is 23.8 Å². The third kappa shape index (κ3) is 3.33. The van der Waals surface area contributed by atoms with Crippen LogP contribution in [0.15, 0.2) is 6.33 Å². The first-order valence-electron chi connectivity index (χ1n) is 9.36. The molecule has 0 amide bonds. The highest BCUT2D eigenvalue weighted by atomic mass is 16.6. The van der Waals surface area contributed by atoms with E-state index < -0.39 is 24.5 Å². The van der Waals surface area contributed by atoms with Crippen molar-refractivity contribution < 1.29 is 19.7 Å². The summed E-state index contributed by atoms with van der Waals surface area (Å²) in [6.45, 7) is -0.310. The Hall–Kier alpha value is -2.01. The zero-order valence-electron chi connectivity index (χ0n) is 15.3. The maximum atomic E-state index is 10.3. The van der Waals surface area contributed by atoms with E-state index >= 15 is 0 Å². The lowest BCUT2D eigenvalue weighted by atomic mass is 9.96. The van der Waals surface area contributed by atoms with Gasteiger partial charge in [0.15, 0.2) is 17.7 Å². The fourth-order valence-electron chi connectivity index (χ4n) is 3.97. The van der Waals surface area contributed by atoms with Crippen molar-refractivity contribution in [2.24, 2.45) is 0 Å². The molecule has 0 radical (unpaired) electrons. The molecule has 1 saturated carbocycles. The molecule has 4 rings (SSSR count). The predicted molar refractivity (Wildman–Crippen MR) is 98.0 cm³/mol. The Bertz CT molecular complexity index is 793. The highest BCUT2D eigenvalue weighted by Gasteiger charge is 2.45. The molecular formula is C17H26N6O4. The van der Waals surface area contributed by atoms with Crippen LogP contribution in [0.5, 0.6) is 0 Å². The summed E-state index contributed by atoms with van der Waals surface area (Å²) in [5.74, 6) is 0.739. The van der Waals surface area contributed by atoms with Crippen LogP contribution in [0, 0.1) is 0 Å². The smallest absolute Gasteiger partial charge is 0.226 e. The molecule has 1 aliphatic heterocycles. The van der Waals surface area contributed by atoms with Crippen molar-refractivity contribution in [1.82, 2.24) is 19.5 Å². The van der Waals surface area contributed by atoms with Gasteiger partial charge in [-0.2, -0.15) is 9.97 Å². The van der Waals surface area contributed by atoms with Gasteiger partial charge in [-0.25, -0.2) is 4.98 Å². The Kier molecular flexibility index (Phi) is 5.13. The Morgan fingerprint density at radius 3 is 2.81 bits per heavy atom. The second-order valence-electron chi connectivity index (χ2n) is 7.17. The molecule has 0 bridgehead atoms. The minimum absolute atomic E-state index is 0.281. The number of hydrogen-bond donors (Lipinski definition) is 4. The molecule has 2 fully saturated rings. The maximum absolute atomic E-state index is 10.3. The van der Waals surface area contributed by atoms with Gasteiger partial charge >= 0.3 is 0 Å².